The van der Waals surface area contributed by atoms with Crippen molar-refractivity contribution in [2.75, 3.05) is 0 Å². The Kier molecular flexibility index (Phi) is 4.57. The minimum atomic E-state index is -0.613. The van der Waals surface area contributed by atoms with E-state index in [0.29, 0.717) is 6.54 Å². The van der Waals surface area contributed by atoms with E-state index in [1.807, 2.05) is 31.2 Å². The second-order valence-corrected chi connectivity index (χ2v) is 6.40. The molecule has 1 heterocycles. The van der Waals surface area contributed by atoms with Gasteiger partial charge in [0.2, 0.25) is 5.91 Å². The predicted molar refractivity (Wildman–Crippen MR) is 83.7 cm³/mol. The van der Waals surface area contributed by atoms with Gasteiger partial charge >= 0.3 is 0 Å². The van der Waals surface area contributed by atoms with E-state index in [4.69, 9.17) is 5.73 Å². The van der Waals surface area contributed by atoms with E-state index in [9.17, 15) is 4.79 Å². The molecular weight excluding hydrogens is 268 g/mol. The van der Waals surface area contributed by atoms with Crippen LogP contribution in [0.25, 0.3) is 0 Å². The Morgan fingerprint density at radius 2 is 1.90 bits per heavy atom. The molecule has 0 saturated heterocycles. The molecule has 1 atom stereocenters. The lowest BCUT2D eigenvalue weighted by Crippen LogP contribution is -2.33. The standard InChI is InChI=1S/C16H20N2OS/c1-10-4-6-13(7-5-10)15(17)16(19)18-9-14-8-11(2)12(3)20-14/h4-8,15H,9,17H2,1-3H3,(H,18,19). The summed E-state index contributed by atoms with van der Waals surface area (Å²) in [6, 6.07) is 9.23. The lowest BCUT2D eigenvalue weighted by molar-refractivity contribution is -0.122. The van der Waals surface area contributed by atoms with E-state index >= 15 is 0 Å². The number of hydrogen-bond acceptors (Lipinski definition) is 3. The molecule has 0 bridgehead atoms. The predicted octanol–water partition coefficient (Wildman–Crippen LogP) is 2.99. The molecular formula is C16H20N2OS. The maximum atomic E-state index is 12.1. The number of carbonyl (C=O) groups excluding carboxylic acids is 1. The van der Waals surface area contributed by atoms with Crippen LogP contribution in [0.15, 0.2) is 30.3 Å². The van der Waals surface area contributed by atoms with Crippen molar-refractivity contribution >= 4 is 17.2 Å². The van der Waals surface area contributed by atoms with Crippen LogP contribution in [0.4, 0.5) is 0 Å². The molecule has 2 aromatic rings. The van der Waals surface area contributed by atoms with Crippen molar-refractivity contribution in [3.05, 3.63) is 56.8 Å². The molecule has 0 aliphatic heterocycles. The van der Waals surface area contributed by atoms with Crippen LogP contribution in [0.5, 0.6) is 0 Å². The fraction of sp³-hybridized carbons (Fsp3) is 0.312. The number of nitrogens with two attached hydrogens (primary N) is 1. The minimum Gasteiger partial charge on any atom is -0.350 e. The molecule has 4 heteroatoms. The normalized spacial score (nSPS) is 12.2. The number of hydrogen-bond donors (Lipinski definition) is 2. The molecule has 3 N–H and O–H groups in total. The molecule has 0 radical (unpaired) electrons. The summed E-state index contributed by atoms with van der Waals surface area (Å²) in [4.78, 5) is 14.5. The highest BCUT2D eigenvalue weighted by Crippen LogP contribution is 2.20. The second kappa shape index (κ2) is 6.20. The number of thiophene rings is 1. The number of amides is 1. The fourth-order valence-electron chi connectivity index (χ4n) is 1.95. The third-order valence-electron chi connectivity index (χ3n) is 3.37. The second-order valence-electron chi connectivity index (χ2n) is 5.06. The highest BCUT2D eigenvalue weighted by atomic mass is 32.1. The zero-order chi connectivity index (χ0) is 14.7. The van der Waals surface area contributed by atoms with Gasteiger partial charge < -0.3 is 11.1 Å². The van der Waals surface area contributed by atoms with Gasteiger partial charge in [0.25, 0.3) is 0 Å². The molecule has 3 nitrogen and oxygen atoms in total. The third-order valence-corrected chi connectivity index (χ3v) is 4.53. The summed E-state index contributed by atoms with van der Waals surface area (Å²) in [5.74, 6) is -0.141. The minimum absolute atomic E-state index is 0.141. The van der Waals surface area contributed by atoms with Crippen LogP contribution in [0.1, 0.15) is 32.5 Å². The van der Waals surface area contributed by atoms with E-state index in [2.05, 4.69) is 25.2 Å². The van der Waals surface area contributed by atoms with Crippen molar-refractivity contribution in [2.45, 2.75) is 33.4 Å². The van der Waals surface area contributed by atoms with Crippen LogP contribution in [-0.2, 0) is 11.3 Å². The van der Waals surface area contributed by atoms with Gasteiger partial charge in [-0.05, 0) is 38.0 Å². The van der Waals surface area contributed by atoms with Crippen LogP contribution < -0.4 is 11.1 Å². The summed E-state index contributed by atoms with van der Waals surface area (Å²) in [5.41, 5.74) is 9.24. The van der Waals surface area contributed by atoms with Crippen LogP contribution in [-0.4, -0.2) is 5.91 Å². The maximum absolute atomic E-state index is 12.1. The zero-order valence-corrected chi connectivity index (χ0v) is 12.9. The maximum Gasteiger partial charge on any atom is 0.241 e. The van der Waals surface area contributed by atoms with Gasteiger partial charge in [0.15, 0.2) is 0 Å². The first-order valence-corrected chi connectivity index (χ1v) is 7.45. The lowest BCUT2D eigenvalue weighted by Gasteiger charge is -2.12. The first-order valence-electron chi connectivity index (χ1n) is 6.63. The average Bonchev–Trinajstić information content (AvgIpc) is 2.75. The van der Waals surface area contributed by atoms with Crippen LogP contribution in [0, 0.1) is 20.8 Å². The number of carbonyl (C=O) groups is 1. The highest BCUT2D eigenvalue weighted by molar-refractivity contribution is 7.12. The molecule has 1 amide bonds. The molecule has 0 aliphatic carbocycles. The molecule has 0 saturated carbocycles. The monoisotopic (exact) mass is 288 g/mol. The van der Waals surface area contributed by atoms with Crippen molar-refractivity contribution in [3.63, 3.8) is 0 Å². The molecule has 0 spiro atoms. The van der Waals surface area contributed by atoms with Crippen molar-refractivity contribution in [2.24, 2.45) is 5.73 Å². The van der Waals surface area contributed by atoms with Crippen LogP contribution in [0.2, 0.25) is 0 Å². The molecule has 0 fully saturated rings. The molecule has 106 valence electrons. The van der Waals surface area contributed by atoms with Crippen molar-refractivity contribution in [1.29, 1.82) is 0 Å². The Hall–Kier alpha value is -1.65. The van der Waals surface area contributed by atoms with Gasteiger partial charge in [-0.15, -0.1) is 11.3 Å². The number of nitrogens with one attached hydrogen (secondary N) is 1. The summed E-state index contributed by atoms with van der Waals surface area (Å²) in [6.07, 6.45) is 0. The zero-order valence-electron chi connectivity index (χ0n) is 12.1. The summed E-state index contributed by atoms with van der Waals surface area (Å²) >= 11 is 1.71. The number of rotatable bonds is 4. The topological polar surface area (TPSA) is 55.1 Å². The molecule has 1 aromatic heterocycles. The number of aryl methyl sites for hydroxylation is 3. The molecule has 0 aliphatic rings. The van der Waals surface area contributed by atoms with Gasteiger partial charge in [0, 0.05) is 9.75 Å². The van der Waals surface area contributed by atoms with Crippen molar-refractivity contribution < 1.29 is 4.79 Å². The van der Waals surface area contributed by atoms with E-state index in [1.54, 1.807) is 11.3 Å². The number of benzene rings is 1. The molecule has 1 aromatic carbocycles. The Labute approximate surface area is 123 Å². The van der Waals surface area contributed by atoms with Gasteiger partial charge in [-0.3, -0.25) is 4.79 Å². The van der Waals surface area contributed by atoms with E-state index < -0.39 is 6.04 Å². The lowest BCUT2D eigenvalue weighted by atomic mass is 10.1. The Balaban J connectivity index is 1.96. The summed E-state index contributed by atoms with van der Waals surface area (Å²) < 4.78 is 0. The quantitative estimate of drug-likeness (QED) is 0.908. The van der Waals surface area contributed by atoms with Crippen molar-refractivity contribution in [3.8, 4) is 0 Å². The largest absolute Gasteiger partial charge is 0.350 e. The smallest absolute Gasteiger partial charge is 0.241 e. The van der Waals surface area contributed by atoms with Gasteiger partial charge in [-0.2, -0.15) is 0 Å². The molecule has 1 unspecified atom stereocenters. The average molecular weight is 288 g/mol. The van der Waals surface area contributed by atoms with Gasteiger partial charge in [0.05, 0.1) is 6.54 Å². The summed E-state index contributed by atoms with van der Waals surface area (Å²) in [6.45, 7) is 6.72. The van der Waals surface area contributed by atoms with Gasteiger partial charge in [0.1, 0.15) is 6.04 Å². The first-order chi connectivity index (χ1) is 9.47. The summed E-state index contributed by atoms with van der Waals surface area (Å²) in [5, 5.41) is 2.90. The molecule has 20 heavy (non-hydrogen) atoms. The Morgan fingerprint density at radius 3 is 2.45 bits per heavy atom. The Morgan fingerprint density at radius 1 is 1.25 bits per heavy atom. The van der Waals surface area contributed by atoms with Crippen LogP contribution in [0.3, 0.4) is 0 Å². The Bertz CT molecular complexity index is 582. The van der Waals surface area contributed by atoms with Gasteiger partial charge in [-0.25, -0.2) is 0 Å². The highest BCUT2D eigenvalue weighted by Gasteiger charge is 2.15. The SMILES string of the molecule is Cc1ccc(C(N)C(=O)NCc2cc(C)c(C)s2)cc1. The van der Waals surface area contributed by atoms with Gasteiger partial charge in [-0.1, -0.05) is 29.8 Å². The summed E-state index contributed by atoms with van der Waals surface area (Å²) in [7, 11) is 0. The van der Waals surface area contributed by atoms with E-state index in [1.165, 1.54) is 10.4 Å². The molecule has 2 rings (SSSR count). The van der Waals surface area contributed by atoms with E-state index in [-0.39, 0.29) is 5.91 Å². The van der Waals surface area contributed by atoms with Crippen molar-refractivity contribution in [1.82, 2.24) is 5.32 Å². The first kappa shape index (κ1) is 14.8. The third kappa shape index (κ3) is 3.46. The van der Waals surface area contributed by atoms with Crippen LogP contribution >= 0.6 is 11.3 Å². The fourth-order valence-corrected chi connectivity index (χ4v) is 2.94. The van der Waals surface area contributed by atoms with E-state index in [0.717, 1.165) is 16.0 Å².